The van der Waals surface area contributed by atoms with Gasteiger partial charge in [0.1, 0.15) is 0 Å². The van der Waals surface area contributed by atoms with Crippen LogP contribution in [-0.2, 0) is 24.7 Å². The summed E-state index contributed by atoms with van der Waals surface area (Å²) >= 11 is 0. The molecule has 8 heteroatoms. The van der Waals surface area contributed by atoms with E-state index in [0.717, 1.165) is 53.3 Å². The van der Waals surface area contributed by atoms with E-state index in [-0.39, 0.29) is 17.5 Å². The van der Waals surface area contributed by atoms with Crippen molar-refractivity contribution >= 4 is 11.6 Å². The lowest BCUT2D eigenvalue weighted by molar-refractivity contribution is -0.132. The fraction of sp³-hybridized carbons (Fsp3) is 0.545. The Morgan fingerprint density at radius 1 is 1.23 bits per heavy atom. The Hall–Kier alpha value is -2.90. The van der Waals surface area contributed by atoms with E-state index in [1.807, 2.05) is 50.4 Å². The summed E-state index contributed by atoms with van der Waals surface area (Å²) in [5.41, 5.74) is 6.20. The third-order valence-corrected chi connectivity index (χ3v) is 6.47. The Morgan fingerprint density at radius 3 is 2.67 bits per heavy atom. The lowest BCUT2D eigenvalue weighted by atomic mass is 10.1. The van der Waals surface area contributed by atoms with E-state index in [4.69, 9.17) is 0 Å². The molecule has 8 nitrogen and oxygen atoms in total. The highest BCUT2D eigenvalue weighted by Crippen LogP contribution is 2.32. The first-order chi connectivity index (χ1) is 14.3. The maximum atomic E-state index is 13.1. The fourth-order valence-corrected chi connectivity index (χ4v) is 4.71. The zero-order valence-electron chi connectivity index (χ0n) is 18.4. The molecule has 0 aromatic carbocycles. The smallest absolute Gasteiger partial charge is 0.276 e. The molecule has 3 aromatic heterocycles. The number of carbonyl (C=O) groups excluding carboxylic acids is 1. The first kappa shape index (κ1) is 20.4. The van der Waals surface area contributed by atoms with Crippen molar-refractivity contribution in [2.45, 2.75) is 65.8 Å². The van der Waals surface area contributed by atoms with Crippen LogP contribution < -0.4 is 5.56 Å². The van der Waals surface area contributed by atoms with Gasteiger partial charge in [0.25, 0.3) is 5.56 Å². The molecule has 1 amide bonds. The number of aryl methyl sites for hydroxylation is 3. The summed E-state index contributed by atoms with van der Waals surface area (Å²) in [5.74, 6) is 0.143. The molecule has 0 spiro atoms. The standard InChI is InChI=1S/C22H30N6O2/c1-6-16-13(2)23-20-12-18(25-28(20)22(16)30)19-8-7-11-27(19)21(29)10-9-17-14(3)24-26(5)15(17)4/h12,19,25H,6-11H2,1-5H3. The molecule has 4 rings (SSSR count). The summed E-state index contributed by atoms with van der Waals surface area (Å²) in [4.78, 5) is 32.4. The van der Waals surface area contributed by atoms with Crippen molar-refractivity contribution in [1.82, 2.24) is 29.3 Å². The van der Waals surface area contributed by atoms with Gasteiger partial charge in [-0.3, -0.25) is 19.4 Å². The van der Waals surface area contributed by atoms with Crippen LogP contribution in [0.5, 0.6) is 0 Å². The maximum Gasteiger partial charge on any atom is 0.276 e. The van der Waals surface area contributed by atoms with Crippen LogP contribution in [0.2, 0.25) is 0 Å². The third-order valence-electron chi connectivity index (χ3n) is 6.47. The number of aromatic amines is 1. The van der Waals surface area contributed by atoms with Crippen LogP contribution in [0.4, 0.5) is 0 Å². The zero-order chi connectivity index (χ0) is 21.6. The lowest BCUT2D eigenvalue weighted by Crippen LogP contribution is -2.31. The van der Waals surface area contributed by atoms with Gasteiger partial charge in [-0.1, -0.05) is 6.92 Å². The van der Waals surface area contributed by atoms with Gasteiger partial charge in [-0.05, 0) is 52.0 Å². The quantitative estimate of drug-likeness (QED) is 0.700. The minimum absolute atomic E-state index is 0.0416. The Kier molecular flexibility index (Phi) is 5.26. The van der Waals surface area contributed by atoms with Crippen molar-refractivity contribution < 1.29 is 4.79 Å². The van der Waals surface area contributed by atoms with E-state index in [0.29, 0.717) is 24.9 Å². The highest BCUT2D eigenvalue weighted by molar-refractivity contribution is 5.77. The Labute approximate surface area is 175 Å². The van der Waals surface area contributed by atoms with Crippen molar-refractivity contribution in [3.8, 4) is 0 Å². The van der Waals surface area contributed by atoms with Gasteiger partial charge in [0.2, 0.25) is 5.91 Å². The number of hydrogen-bond donors (Lipinski definition) is 1. The monoisotopic (exact) mass is 410 g/mol. The fourth-order valence-electron chi connectivity index (χ4n) is 4.71. The maximum absolute atomic E-state index is 13.1. The summed E-state index contributed by atoms with van der Waals surface area (Å²) in [6.45, 7) is 8.62. The number of H-pyrrole nitrogens is 1. The molecule has 1 unspecified atom stereocenters. The minimum Gasteiger partial charge on any atom is -0.334 e. The summed E-state index contributed by atoms with van der Waals surface area (Å²) in [6.07, 6.45) is 3.65. The molecule has 3 aromatic rings. The molecule has 160 valence electrons. The number of hydrogen-bond acceptors (Lipinski definition) is 4. The molecule has 0 bridgehead atoms. The lowest BCUT2D eigenvalue weighted by Gasteiger charge is -2.24. The number of fused-ring (bicyclic) bond motifs is 1. The Balaban J connectivity index is 1.57. The molecule has 0 aliphatic carbocycles. The average Bonchev–Trinajstić information content (AvgIpc) is 3.39. The second kappa shape index (κ2) is 7.74. The van der Waals surface area contributed by atoms with Crippen LogP contribution in [0.3, 0.4) is 0 Å². The van der Waals surface area contributed by atoms with Gasteiger partial charge in [-0.25, -0.2) is 9.50 Å². The van der Waals surface area contributed by atoms with E-state index in [9.17, 15) is 9.59 Å². The number of rotatable bonds is 5. The van der Waals surface area contributed by atoms with Crippen molar-refractivity contribution in [2.75, 3.05) is 6.54 Å². The highest BCUT2D eigenvalue weighted by Gasteiger charge is 2.31. The normalized spacial score (nSPS) is 16.7. The van der Waals surface area contributed by atoms with Crippen molar-refractivity contribution in [3.05, 3.63) is 50.3 Å². The van der Waals surface area contributed by atoms with Gasteiger partial charge >= 0.3 is 0 Å². The van der Waals surface area contributed by atoms with E-state index in [1.165, 1.54) is 4.52 Å². The SMILES string of the molecule is CCc1c(C)nc2cc(C3CCCN3C(=O)CCc3c(C)nn(C)c3C)[nH]n2c1=O. The number of nitrogens with one attached hydrogen (secondary N) is 1. The molecule has 1 aliphatic rings. The number of likely N-dealkylation sites (tertiary alicyclic amines) is 1. The molecule has 0 radical (unpaired) electrons. The topological polar surface area (TPSA) is 88.3 Å². The van der Waals surface area contributed by atoms with Gasteiger partial charge in [0, 0.05) is 43.0 Å². The van der Waals surface area contributed by atoms with Crippen LogP contribution in [0.25, 0.3) is 5.65 Å². The van der Waals surface area contributed by atoms with Gasteiger partial charge in [0.15, 0.2) is 5.65 Å². The van der Waals surface area contributed by atoms with E-state index < -0.39 is 0 Å². The largest absolute Gasteiger partial charge is 0.334 e. The summed E-state index contributed by atoms with van der Waals surface area (Å²) in [7, 11) is 1.93. The highest BCUT2D eigenvalue weighted by atomic mass is 16.2. The summed E-state index contributed by atoms with van der Waals surface area (Å²) in [6, 6.07) is 1.87. The first-order valence-electron chi connectivity index (χ1n) is 10.7. The van der Waals surface area contributed by atoms with E-state index >= 15 is 0 Å². The van der Waals surface area contributed by atoms with Crippen LogP contribution in [-0.4, -0.2) is 41.7 Å². The van der Waals surface area contributed by atoms with Crippen LogP contribution in [0.1, 0.15) is 66.1 Å². The number of nitrogens with zero attached hydrogens (tertiary/aromatic N) is 5. The van der Waals surface area contributed by atoms with Crippen LogP contribution in [0, 0.1) is 20.8 Å². The number of amides is 1. The molecule has 1 N–H and O–H groups in total. The molecular weight excluding hydrogens is 380 g/mol. The van der Waals surface area contributed by atoms with Crippen molar-refractivity contribution in [3.63, 3.8) is 0 Å². The first-order valence-corrected chi connectivity index (χ1v) is 10.7. The predicted molar refractivity (Wildman–Crippen MR) is 115 cm³/mol. The molecule has 4 heterocycles. The van der Waals surface area contributed by atoms with Gasteiger partial charge in [0.05, 0.1) is 17.4 Å². The van der Waals surface area contributed by atoms with E-state index in [1.54, 1.807) is 0 Å². The Bertz CT molecular complexity index is 1170. The zero-order valence-corrected chi connectivity index (χ0v) is 18.4. The van der Waals surface area contributed by atoms with Crippen LogP contribution in [0.15, 0.2) is 10.9 Å². The molecule has 0 saturated carbocycles. The van der Waals surface area contributed by atoms with Crippen molar-refractivity contribution in [2.24, 2.45) is 7.05 Å². The molecule has 1 fully saturated rings. The molecule has 1 aliphatic heterocycles. The second-order valence-corrected chi connectivity index (χ2v) is 8.26. The molecular formula is C22H30N6O2. The molecule has 30 heavy (non-hydrogen) atoms. The number of aromatic nitrogens is 5. The number of carbonyl (C=O) groups is 1. The molecule has 1 atom stereocenters. The Morgan fingerprint density at radius 2 is 2.00 bits per heavy atom. The van der Waals surface area contributed by atoms with Gasteiger partial charge in [-0.15, -0.1) is 0 Å². The predicted octanol–water partition coefficient (Wildman–Crippen LogP) is 2.54. The summed E-state index contributed by atoms with van der Waals surface area (Å²) in [5, 5.41) is 7.67. The van der Waals surface area contributed by atoms with Crippen LogP contribution >= 0.6 is 0 Å². The van der Waals surface area contributed by atoms with Gasteiger partial charge in [-0.2, -0.15) is 5.10 Å². The minimum atomic E-state index is -0.0512. The van der Waals surface area contributed by atoms with Crippen molar-refractivity contribution in [1.29, 1.82) is 0 Å². The second-order valence-electron chi connectivity index (χ2n) is 8.26. The average molecular weight is 411 g/mol. The molecule has 1 saturated heterocycles. The van der Waals surface area contributed by atoms with Gasteiger partial charge < -0.3 is 4.90 Å². The third kappa shape index (κ3) is 3.34. The van der Waals surface area contributed by atoms with E-state index in [2.05, 4.69) is 15.2 Å². The summed E-state index contributed by atoms with van der Waals surface area (Å²) < 4.78 is 3.39.